The molecular weight excluding hydrogens is 327 g/mol. The van der Waals surface area contributed by atoms with Crippen LogP contribution < -0.4 is 5.73 Å². The van der Waals surface area contributed by atoms with Gasteiger partial charge in [0, 0.05) is 28.4 Å². The summed E-state index contributed by atoms with van der Waals surface area (Å²) >= 11 is 0. The molecule has 0 aliphatic rings. The van der Waals surface area contributed by atoms with Crippen LogP contribution in [0.25, 0.3) is 21.8 Å². The summed E-state index contributed by atoms with van der Waals surface area (Å²) in [6.07, 6.45) is 0.917. The van der Waals surface area contributed by atoms with Crippen molar-refractivity contribution in [1.82, 2.24) is 4.57 Å². The third-order valence-electron chi connectivity index (χ3n) is 4.86. The number of nitrogens with zero attached hydrogens (tertiary/aromatic N) is 1. The Kier molecular flexibility index (Phi) is 3.96. The Hall–Kier alpha value is -3.14. The zero-order chi connectivity index (χ0) is 18.3. The van der Waals surface area contributed by atoms with Gasteiger partial charge in [0.15, 0.2) is 0 Å². The first-order valence-corrected chi connectivity index (χ1v) is 8.66. The van der Waals surface area contributed by atoms with Crippen molar-refractivity contribution in [2.75, 3.05) is 0 Å². The predicted octanol–water partition coefficient (Wildman–Crippen LogP) is 4.64. The molecule has 4 heteroatoms. The van der Waals surface area contributed by atoms with E-state index in [1.54, 1.807) is 18.2 Å². The second-order valence-corrected chi connectivity index (χ2v) is 6.49. The number of aryl methyl sites for hydroxylation is 1. The molecule has 1 aromatic heterocycles. The molecule has 0 bridgehead atoms. The second kappa shape index (κ2) is 6.30. The topological polar surface area (TPSA) is 48.0 Å². The van der Waals surface area contributed by atoms with Crippen LogP contribution in [0.3, 0.4) is 0 Å². The van der Waals surface area contributed by atoms with Crippen molar-refractivity contribution in [2.24, 2.45) is 5.73 Å². The highest BCUT2D eigenvalue weighted by Crippen LogP contribution is 2.33. The summed E-state index contributed by atoms with van der Waals surface area (Å²) < 4.78 is 15.8. The van der Waals surface area contributed by atoms with Crippen LogP contribution in [-0.4, -0.2) is 10.5 Å². The molecule has 0 fully saturated rings. The van der Waals surface area contributed by atoms with Gasteiger partial charge in [0.1, 0.15) is 5.82 Å². The summed E-state index contributed by atoms with van der Waals surface area (Å²) in [5.41, 5.74) is 10.2. The molecule has 0 radical (unpaired) electrons. The first kappa shape index (κ1) is 16.3. The van der Waals surface area contributed by atoms with Crippen LogP contribution in [-0.2, 0) is 13.0 Å². The number of nitrogens with two attached hydrogens (primary N) is 1. The normalized spacial score (nSPS) is 11.3. The van der Waals surface area contributed by atoms with E-state index in [-0.39, 0.29) is 5.82 Å². The molecule has 0 aliphatic heterocycles. The van der Waals surface area contributed by atoms with Crippen LogP contribution in [0.5, 0.6) is 0 Å². The molecular formula is C22H19FN2O. The van der Waals surface area contributed by atoms with Gasteiger partial charge in [0.05, 0.1) is 5.52 Å². The maximum Gasteiger partial charge on any atom is 0.249 e. The minimum absolute atomic E-state index is 0.254. The van der Waals surface area contributed by atoms with E-state index in [0.29, 0.717) is 12.1 Å². The maximum atomic E-state index is 13.6. The Morgan fingerprint density at radius 3 is 2.54 bits per heavy atom. The van der Waals surface area contributed by atoms with Crippen LogP contribution in [0.4, 0.5) is 4.39 Å². The Labute approximate surface area is 150 Å². The van der Waals surface area contributed by atoms with Crippen molar-refractivity contribution in [3.63, 3.8) is 0 Å². The lowest BCUT2D eigenvalue weighted by Crippen LogP contribution is -2.11. The van der Waals surface area contributed by atoms with E-state index in [2.05, 4.69) is 23.6 Å². The molecule has 1 heterocycles. The SMILES string of the molecule is CCc1ccc2c3c(C(N)=O)cccc3n(Cc3cccc(F)c3)c2c1. The van der Waals surface area contributed by atoms with Gasteiger partial charge in [-0.05, 0) is 47.9 Å². The largest absolute Gasteiger partial charge is 0.366 e. The molecule has 2 N–H and O–H groups in total. The van der Waals surface area contributed by atoms with Crippen LogP contribution in [0.15, 0.2) is 60.7 Å². The third kappa shape index (κ3) is 2.64. The predicted molar refractivity (Wildman–Crippen MR) is 103 cm³/mol. The molecule has 0 atom stereocenters. The fourth-order valence-electron chi connectivity index (χ4n) is 3.60. The van der Waals surface area contributed by atoms with Crippen molar-refractivity contribution in [3.05, 3.63) is 83.2 Å². The minimum Gasteiger partial charge on any atom is -0.366 e. The van der Waals surface area contributed by atoms with Crippen LogP contribution in [0.2, 0.25) is 0 Å². The Morgan fingerprint density at radius 2 is 1.81 bits per heavy atom. The lowest BCUT2D eigenvalue weighted by molar-refractivity contribution is 0.100. The van der Waals surface area contributed by atoms with E-state index in [1.165, 1.54) is 11.6 Å². The third-order valence-corrected chi connectivity index (χ3v) is 4.86. The maximum absolute atomic E-state index is 13.6. The van der Waals surface area contributed by atoms with Gasteiger partial charge in [-0.1, -0.05) is 37.3 Å². The number of hydrogen-bond donors (Lipinski definition) is 1. The summed E-state index contributed by atoms with van der Waals surface area (Å²) in [5.74, 6) is -0.699. The summed E-state index contributed by atoms with van der Waals surface area (Å²) in [4.78, 5) is 12.0. The summed E-state index contributed by atoms with van der Waals surface area (Å²) in [6.45, 7) is 2.63. The molecule has 0 saturated carbocycles. The minimum atomic E-state index is -0.444. The standard InChI is InChI=1S/C22H19FN2O/c1-2-14-9-10-17-20(12-14)25(13-15-5-3-6-16(23)11-15)19-8-4-7-18(21(17)19)22(24)26/h3-12H,2,13H2,1H3,(H2,24,26). The molecule has 26 heavy (non-hydrogen) atoms. The zero-order valence-electron chi connectivity index (χ0n) is 14.5. The summed E-state index contributed by atoms with van der Waals surface area (Å²) in [7, 11) is 0. The van der Waals surface area contributed by atoms with Crippen LogP contribution in [0, 0.1) is 5.82 Å². The molecule has 0 saturated heterocycles. The first-order valence-electron chi connectivity index (χ1n) is 8.66. The average Bonchev–Trinajstić information content (AvgIpc) is 2.95. The van der Waals surface area contributed by atoms with E-state index in [0.717, 1.165) is 33.8 Å². The van der Waals surface area contributed by atoms with E-state index in [4.69, 9.17) is 5.73 Å². The highest BCUT2D eigenvalue weighted by atomic mass is 19.1. The first-order chi connectivity index (χ1) is 12.6. The quantitative estimate of drug-likeness (QED) is 0.575. The second-order valence-electron chi connectivity index (χ2n) is 6.49. The van der Waals surface area contributed by atoms with E-state index < -0.39 is 5.91 Å². The van der Waals surface area contributed by atoms with Crippen LogP contribution >= 0.6 is 0 Å². The van der Waals surface area contributed by atoms with Crippen molar-refractivity contribution < 1.29 is 9.18 Å². The molecule has 0 aliphatic carbocycles. The average molecular weight is 346 g/mol. The fourth-order valence-corrected chi connectivity index (χ4v) is 3.60. The number of halogens is 1. The number of carbonyl (C=O) groups is 1. The van der Waals surface area contributed by atoms with Gasteiger partial charge in [0.25, 0.3) is 0 Å². The summed E-state index contributed by atoms with van der Waals surface area (Å²) in [5, 5.41) is 1.84. The van der Waals surface area contributed by atoms with Crippen molar-refractivity contribution in [2.45, 2.75) is 19.9 Å². The lowest BCUT2D eigenvalue weighted by atomic mass is 10.0. The highest BCUT2D eigenvalue weighted by molar-refractivity contribution is 6.17. The molecule has 3 nitrogen and oxygen atoms in total. The molecule has 4 rings (SSSR count). The van der Waals surface area contributed by atoms with E-state index in [1.807, 2.05) is 24.3 Å². The Morgan fingerprint density at radius 1 is 1.00 bits per heavy atom. The summed E-state index contributed by atoms with van der Waals surface area (Å²) in [6, 6.07) is 18.4. The molecule has 0 unspecified atom stereocenters. The molecule has 4 aromatic rings. The number of carbonyl (C=O) groups excluding carboxylic acids is 1. The number of fused-ring (bicyclic) bond motifs is 3. The number of hydrogen-bond acceptors (Lipinski definition) is 1. The monoisotopic (exact) mass is 346 g/mol. The van der Waals surface area contributed by atoms with Gasteiger partial charge < -0.3 is 10.3 Å². The van der Waals surface area contributed by atoms with Crippen molar-refractivity contribution in [3.8, 4) is 0 Å². The van der Waals surface area contributed by atoms with Crippen molar-refractivity contribution >= 4 is 27.7 Å². The number of benzene rings is 3. The lowest BCUT2D eigenvalue weighted by Gasteiger charge is -2.09. The number of amides is 1. The van der Waals surface area contributed by atoms with Gasteiger partial charge in [0.2, 0.25) is 5.91 Å². The fraction of sp³-hybridized carbons (Fsp3) is 0.136. The van der Waals surface area contributed by atoms with Gasteiger partial charge in [-0.2, -0.15) is 0 Å². The van der Waals surface area contributed by atoms with E-state index in [9.17, 15) is 9.18 Å². The van der Waals surface area contributed by atoms with E-state index >= 15 is 0 Å². The Bertz CT molecular complexity index is 1140. The van der Waals surface area contributed by atoms with Gasteiger partial charge in [-0.3, -0.25) is 4.79 Å². The molecule has 0 spiro atoms. The van der Waals surface area contributed by atoms with Crippen LogP contribution in [0.1, 0.15) is 28.4 Å². The number of primary amides is 1. The highest BCUT2D eigenvalue weighted by Gasteiger charge is 2.16. The van der Waals surface area contributed by atoms with Crippen molar-refractivity contribution in [1.29, 1.82) is 0 Å². The van der Waals surface area contributed by atoms with Gasteiger partial charge in [-0.15, -0.1) is 0 Å². The Balaban J connectivity index is 2.05. The zero-order valence-corrected chi connectivity index (χ0v) is 14.5. The molecule has 130 valence electrons. The molecule has 3 aromatic carbocycles. The number of rotatable bonds is 4. The number of aromatic nitrogens is 1. The smallest absolute Gasteiger partial charge is 0.249 e. The molecule has 1 amide bonds. The van der Waals surface area contributed by atoms with Gasteiger partial charge in [-0.25, -0.2) is 4.39 Å². The van der Waals surface area contributed by atoms with Gasteiger partial charge >= 0.3 is 0 Å².